The van der Waals surface area contributed by atoms with Crippen molar-refractivity contribution >= 4 is 35.0 Å². The SMILES string of the molecule is O=C1CCC(N2Cc3cc4c(cc3C2=O)OC[C@@H]2CN(C(=O)CN3CC5(CC(Nc6ccc([C@@H]7c8ccc(O)cc8CC[C@@H]7c7ccccc7)cc6)C5)C3)CCN42)C(=O)N1. The van der Waals surface area contributed by atoms with E-state index in [9.17, 15) is 24.3 Å². The number of benzene rings is 4. The van der Waals surface area contributed by atoms with Crippen LogP contribution in [-0.4, -0.2) is 107 Å². The highest BCUT2D eigenvalue weighted by Crippen LogP contribution is 2.50. The Bertz CT molecular complexity index is 2390. The molecule has 4 atom stereocenters. The van der Waals surface area contributed by atoms with Gasteiger partial charge >= 0.3 is 0 Å². The van der Waals surface area contributed by atoms with Crippen molar-refractivity contribution in [1.82, 2.24) is 20.0 Å². The van der Waals surface area contributed by atoms with E-state index in [0.717, 1.165) is 55.7 Å². The van der Waals surface area contributed by atoms with Crippen LogP contribution in [0.1, 0.15) is 82.1 Å². The van der Waals surface area contributed by atoms with E-state index in [0.29, 0.717) is 74.8 Å². The fourth-order valence-electron chi connectivity index (χ4n) is 11.6. The van der Waals surface area contributed by atoms with Crippen LogP contribution in [0.2, 0.25) is 0 Å². The number of hydrogen-bond donors (Lipinski definition) is 3. The Hall–Kier alpha value is -5.88. The van der Waals surface area contributed by atoms with Crippen molar-refractivity contribution in [3.8, 4) is 11.5 Å². The second kappa shape index (κ2) is 14.4. The van der Waals surface area contributed by atoms with Gasteiger partial charge in [0, 0.05) is 68.9 Å². The number of rotatable bonds is 7. The molecule has 0 bridgehead atoms. The van der Waals surface area contributed by atoms with Gasteiger partial charge in [-0.3, -0.25) is 29.4 Å². The number of aryl methyl sites for hydroxylation is 1. The Labute approximate surface area is 349 Å². The molecule has 4 fully saturated rings. The van der Waals surface area contributed by atoms with Gasteiger partial charge in [0.25, 0.3) is 5.91 Å². The predicted molar refractivity (Wildman–Crippen MR) is 225 cm³/mol. The summed E-state index contributed by atoms with van der Waals surface area (Å²) in [6.45, 7) is 4.98. The molecule has 4 amide bonds. The van der Waals surface area contributed by atoms with Gasteiger partial charge in [-0.15, -0.1) is 0 Å². The highest BCUT2D eigenvalue weighted by atomic mass is 16.5. The average molecular weight is 807 g/mol. The molecule has 1 unspecified atom stereocenters. The number of nitrogens with one attached hydrogen (secondary N) is 2. The predicted octanol–water partition coefficient (Wildman–Crippen LogP) is 5.00. The Balaban J connectivity index is 0.666. The van der Waals surface area contributed by atoms with Crippen molar-refractivity contribution < 1.29 is 29.0 Å². The van der Waals surface area contributed by atoms with Gasteiger partial charge in [-0.25, -0.2) is 0 Å². The first-order chi connectivity index (χ1) is 29.2. The van der Waals surface area contributed by atoms with Crippen LogP contribution in [0.4, 0.5) is 11.4 Å². The molecule has 5 heterocycles. The number of phenolic OH excluding ortho intramolecular Hbond substituents is 1. The minimum atomic E-state index is -0.658. The summed E-state index contributed by atoms with van der Waals surface area (Å²) < 4.78 is 6.20. The van der Waals surface area contributed by atoms with Crippen LogP contribution in [0.3, 0.4) is 0 Å². The highest BCUT2D eigenvalue weighted by molar-refractivity contribution is 6.06. The van der Waals surface area contributed by atoms with Gasteiger partial charge in [0.2, 0.25) is 17.7 Å². The number of carbonyl (C=O) groups excluding carboxylic acids is 4. The van der Waals surface area contributed by atoms with Crippen molar-refractivity contribution in [2.75, 3.05) is 56.1 Å². The maximum atomic E-state index is 13.6. The number of piperazine rings is 1. The fraction of sp³-hybridized carbons (Fsp3) is 0.417. The van der Waals surface area contributed by atoms with Crippen LogP contribution in [0.15, 0.2) is 84.9 Å². The lowest BCUT2D eigenvalue weighted by atomic mass is 9.60. The molecular weight excluding hydrogens is 757 g/mol. The van der Waals surface area contributed by atoms with Crippen LogP contribution in [0.5, 0.6) is 11.5 Å². The number of anilines is 2. The largest absolute Gasteiger partial charge is 0.508 e. The number of piperidine rings is 1. The lowest BCUT2D eigenvalue weighted by molar-refractivity contribution is -0.140. The quantitative estimate of drug-likeness (QED) is 0.221. The van der Waals surface area contributed by atoms with Gasteiger partial charge < -0.3 is 29.9 Å². The van der Waals surface area contributed by atoms with E-state index in [4.69, 9.17) is 4.74 Å². The third-order valence-corrected chi connectivity index (χ3v) is 14.5. The van der Waals surface area contributed by atoms with Gasteiger partial charge in [0.05, 0.1) is 18.3 Å². The molecule has 60 heavy (non-hydrogen) atoms. The van der Waals surface area contributed by atoms with E-state index in [1.807, 2.05) is 23.1 Å². The number of hydrogen-bond acceptors (Lipinski definition) is 9. The van der Waals surface area contributed by atoms with E-state index in [2.05, 4.69) is 81.1 Å². The molecule has 11 rings (SSSR count). The number of phenols is 1. The standard InChI is InChI=1S/C48H50N6O6/c55-36-11-13-38-31(18-36)8-12-37(29-4-2-1-3-5-29)45(38)30-6-9-33(10-7-30)49-34-21-48(22-34)27-51(28-48)25-44(57)52-16-17-53-35(24-52)26-60-42-20-39-32(19-41(42)53)23-54(47(39)59)40-14-15-43(56)50-46(40)58/h1-7,9-11,13,18-20,34-35,37,40,45,49,55H,8,12,14-17,21-28H2,(H,50,56,58)/t35-,37+,40?,45-/m0/s1. The van der Waals surface area contributed by atoms with Gasteiger partial charge in [0.15, 0.2) is 0 Å². The number of amides is 4. The fourth-order valence-corrected chi connectivity index (χ4v) is 11.6. The summed E-state index contributed by atoms with van der Waals surface area (Å²) in [4.78, 5) is 59.3. The zero-order valence-electron chi connectivity index (χ0n) is 33.6. The molecule has 7 aliphatic rings. The number of imide groups is 1. The third-order valence-electron chi connectivity index (χ3n) is 14.5. The lowest BCUT2D eigenvalue weighted by Crippen LogP contribution is -2.66. The number of likely N-dealkylation sites (tertiary alicyclic amines) is 1. The molecule has 3 saturated heterocycles. The molecule has 0 radical (unpaired) electrons. The van der Waals surface area contributed by atoms with E-state index in [-0.39, 0.29) is 41.5 Å². The summed E-state index contributed by atoms with van der Waals surface area (Å²) in [6.07, 6.45) is 4.76. The second-order valence-electron chi connectivity index (χ2n) is 18.3. The van der Waals surface area contributed by atoms with Crippen molar-refractivity contribution in [3.63, 3.8) is 0 Å². The minimum absolute atomic E-state index is 0.0186. The molecule has 5 aliphatic heterocycles. The molecule has 1 spiro atoms. The first kappa shape index (κ1) is 37.1. The summed E-state index contributed by atoms with van der Waals surface area (Å²) in [5, 5.41) is 16.4. The molecular formula is C48H50N6O6. The highest BCUT2D eigenvalue weighted by Gasteiger charge is 2.53. The zero-order valence-corrected chi connectivity index (χ0v) is 33.6. The molecule has 1 saturated carbocycles. The monoisotopic (exact) mass is 806 g/mol. The van der Waals surface area contributed by atoms with E-state index < -0.39 is 11.9 Å². The van der Waals surface area contributed by atoms with Crippen LogP contribution in [0.25, 0.3) is 0 Å². The van der Waals surface area contributed by atoms with Crippen LogP contribution in [-0.2, 0) is 27.3 Å². The van der Waals surface area contributed by atoms with E-state index in [1.165, 1.54) is 22.3 Å². The van der Waals surface area contributed by atoms with Crippen molar-refractivity contribution in [2.45, 2.75) is 75.0 Å². The number of carbonyl (C=O) groups is 4. The van der Waals surface area contributed by atoms with Crippen LogP contribution < -0.4 is 20.3 Å². The number of aromatic hydroxyl groups is 1. The summed E-state index contributed by atoms with van der Waals surface area (Å²) in [5.41, 5.74) is 8.96. The van der Waals surface area contributed by atoms with Crippen LogP contribution >= 0.6 is 0 Å². The van der Waals surface area contributed by atoms with Gasteiger partial charge in [-0.2, -0.15) is 0 Å². The summed E-state index contributed by atoms with van der Waals surface area (Å²) >= 11 is 0. The van der Waals surface area contributed by atoms with Crippen molar-refractivity contribution in [3.05, 3.63) is 118 Å². The van der Waals surface area contributed by atoms with E-state index in [1.54, 1.807) is 11.0 Å². The summed E-state index contributed by atoms with van der Waals surface area (Å²) in [6, 6.07) is 29.3. The second-order valence-corrected chi connectivity index (χ2v) is 18.3. The minimum Gasteiger partial charge on any atom is -0.508 e. The Morgan fingerprint density at radius 3 is 2.48 bits per heavy atom. The van der Waals surface area contributed by atoms with Crippen molar-refractivity contribution in [2.24, 2.45) is 5.41 Å². The van der Waals surface area contributed by atoms with Gasteiger partial charge in [-0.05, 0) is 108 Å². The van der Waals surface area contributed by atoms with Gasteiger partial charge in [-0.1, -0.05) is 48.5 Å². The number of fused-ring (bicyclic) bond motifs is 5. The molecule has 4 aromatic carbocycles. The molecule has 308 valence electrons. The Morgan fingerprint density at radius 1 is 0.867 bits per heavy atom. The van der Waals surface area contributed by atoms with E-state index >= 15 is 0 Å². The first-order valence-electron chi connectivity index (χ1n) is 21.6. The maximum absolute atomic E-state index is 13.6. The normalized spacial score (nSPS) is 25.6. The summed E-state index contributed by atoms with van der Waals surface area (Å²) in [5.74, 6) is 0.831. The average Bonchev–Trinajstić information content (AvgIpc) is 3.55. The molecule has 0 aromatic heterocycles. The number of ether oxygens (including phenoxy) is 1. The molecule has 12 nitrogen and oxygen atoms in total. The number of nitrogens with zero attached hydrogens (tertiary/aromatic N) is 4. The molecule has 4 aromatic rings. The molecule has 2 aliphatic carbocycles. The Morgan fingerprint density at radius 2 is 1.68 bits per heavy atom. The van der Waals surface area contributed by atoms with Gasteiger partial charge in [0.1, 0.15) is 24.1 Å². The lowest BCUT2D eigenvalue weighted by Gasteiger charge is -2.59. The first-order valence-corrected chi connectivity index (χ1v) is 21.6. The smallest absolute Gasteiger partial charge is 0.255 e. The maximum Gasteiger partial charge on any atom is 0.255 e. The zero-order chi connectivity index (χ0) is 40.7. The summed E-state index contributed by atoms with van der Waals surface area (Å²) in [7, 11) is 0. The van der Waals surface area contributed by atoms with Crippen LogP contribution in [0, 0.1) is 5.41 Å². The topological polar surface area (TPSA) is 135 Å². The third kappa shape index (κ3) is 6.47. The molecule has 12 heteroatoms. The Kier molecular flexibility index (Phi) is 8.91. The molecule has 3 N–H and O–H groups in total. The van der Waals surface area contributed by atoms with Crippen molar-refractivity contribution in [1.29, 1.82) is 0 Å².